The summed E-state index contributed by atoms with van der Waals surface area (Å²) in [5, 5.41) is 3.89. The van der Waals surface area contributed by atoms with Gasteiger partial charge >= 0.3 is 0 Å². The number of carbonyl (C=O) groups is 3. The number of hydrogen-bond donors (Lipinski definition) is 3. The predicted octanol–water partition coefficient (Wildman–Crippen LogP) is 3.07. The van der Waals surface area contributed by atoms with Gasteiger partial charge < -0.3 is 10.1 Å². The number of fused-ring (bicyclic) bond motifs is 1. The smallest absolute Gasteiger partial charge is 0.276 e. The van der Waals surface area contributed by atoms with Crippen LogP contribution in [0.25, 0.3) is 10.9 Å². The van der Waals surface area contributed by atoms with Crippen molar-refractivity contribution in [3.63, 3.8) is 0 Å². The van der Waals surface area contributed by atoms with Gasteiger partial charge in [-0.25, -0.2) is 4.98 Å². The Labute approximate surface area is 190 Å². The number of rotatable bonds is 6. The van der Waals surface area contributed by atoms with Crippen LogP contribution in [0, 0.1) is 12.8 Å². The molecule has 1 heterocycles. The summed E-state index contributed by atoms with van der Waals surface area (Å²) in [6.45, 7) is 1.20. The lowest BCUT2D eigenvalue weighted by Crippen LogP contribution is -2.48. The minimum atomic E-state index is -0.598. The number of pyridine rings is 1. The van der Waals surface area contributed by atoms with Crippen LogP contribution in [-0.2, 0) is 14.4 Å². The molecule has 0 unspecified atom stereocenters. The maximum Gasteiger partial charge on any atom is 0.276 e. The van der Waals surface area contributed by atoms with Gasteiger partial charge in [0.05, 0.1) is 16.6 Å². The minimum absolute atomic E-state index is 0.0410. The van der Waals surface area contributed by atoms with Crippen LogP contribution in [0.2, 0.25) is 10.0 Å². The molecule has 0 aliphatic heterocycles. The van der Waals surface area contributed by atoms with Gasteiger partial charge in [-0.05, 0) is 38.0 Å². The second-order valence-electron chi connectivity index (χ2n) is 7.46. The number of hydrazine groups is 1. The summed E-state index contributed by atoms with van der Waals surface area (Å²) in [6.07, 6.45) is 4.89. The average molecular weight is 467 g/mol. The highest BCUT2D eigenvalue weighted by Crippen LogP contribution is 2.37. The first-order valence-electron chi connectivity index (χ1n) is 10.1. The van der Waals surface area contributed by atoms with Crippen LogP contribution in [0.3, 0.4) is 0 Å². The van der Waals surface area contributed by atoms with Gasteiger partial charge in [0.15, 0.2) is 12.4 Å². The Morgan fingerprint density at radius 2 is 1.77 bits per heavy atom. The van der Waals surface area contributed by atoms with Crippen LogP contribution in [0.5, 0.6) is 5.75 Å². The van der Waals surface area contributed by atoms with Crippen molar-refractivity contribution in [1.82, 2.24) is 21.2 Å². The van der Waals surface area contributed by atoms with Crippen molar-refractivity contribution >= 4 is 51.8 Å². The van der Waals surface area contributed by atoms with Gasteiger partial charge in [-0.3, -0.25) is 25.2 Å². The Balaban J connectivity index is 1.48. The molecule has 0 bridgehead atoms. The Morgan fingerprint density at radius 3 is 2.52 bits per heavy atom. The number of ether oxygens (including phenoxy) is 1. The minimum Gasteiger partial charge on any atom is -0.480 e. The molecule has 0 spiro atoms. The fourth-order valence-corrected chi connectivity index (χ4v) is 4.03. The fourth-order valence-electron chi connectivity index (χ4n) is 3.46. The molecule has 1 aromatic carbocycles. The number of aryl methyl sites for hydroxylation is 1. The van der Waals surface area contributed by atoms with E-state index in [4.69, 9.17) is 27.9 Å². The largest absolute Gasteiger partial charge is 0.480 e. The lowest BCUT2D eigenvalue weighted by Gasteiger charge is -2.20. The van der Waals surface area contributed by atoms with E-state index < -0.39 is 18.4 Å². The summed E-state index contributed by atoms with van der Waals surface area (Å²) in [7, 11) is 0. The van der Waals surface area contributed by atoms with Gasteiger partial charge in [0.2, 0.25) is 5.91 Å². The average Bonchev–Trinajstić information content (AvgIpc) is 2.76. The van der Waals surface area contributed by atoms with E-state index in [0.717, 1.165) is 37.8 Å². The van der Waals surface area contributed by atoms with Crippen LogP contribution < -0.4 is 20.9 Å². The summed E-state index contributed by atoms with van der Waals surface area (Å²) in [6, 6.07) is 5.12. The lowest BCUT2D eigenvalue weighted by atomic mass is 9.89. The van der Waals surface area contributed by atoms with E-state index in [-0.39, 0.29) is 29.1 Å². The molecule has 3 amide bonds. The van der Waals surface area contributed by atoms with Gasteiger partial charge in [-0.2, -0.15) is 0 Å². The van der Waals surface area contributed by atoms with Gasteiger partial charge in [0, 0.05) is 17.0 Å². The third-order valence-corrected chi connectivity index (χ3v) is 5.66. The molecule has 1 aliphatic rings. The summed E-state index contributed by atoms with van der Waals surface area (Å²) in [4.78, 5) is 40.4. The maximum absolute atomic E-state index is 12.1. The van der Waals surface area contributed by atoms with Gasteiger partial charge in [0.1, 0.15) is 5.52 Å². The Bertz CT molecular complexity index is 993. The molecular weight excluding hydrogens is 443 g/mol. The molecule has 0 radical (unpaired) electrons. The quantitative estimate of drug-likeness (QED) is 0.566. The zero-order valence-electron chi connectivity index (χ0n) is 17.1. The second-order valence-corrected chi connectivity index (χ2v) is 8.27. The Hall–Kier alpha value is -2.58. The van der Waals surface area contributed by atoms with E-state index in [1.165, 1.54) is 6.07 Å². The third-order valence-electron chi connectivity index (χ3n) is 5.07. The van der Waals surface area contributed by atoms with Crippen LogP contribution in [-0.4, -0.2) is 35.9 Å². The number of benzene rings is 1. The van der Waals surface area contributed by atoms with Crippen molar-refractivity contribution in [1.29, 1.82) is 0 Å². The normalized spacial score (nSPS) is 14.2. The summed E-state index contributed by atoms with van der Waals surface area (Å²) >= 11 is 12.4. The van der Waals surface area contributed by atoms with E-state index in [1.807, 2.05) is 6.92 Å². The number of halogens is 2. The first-order valence-corrected chi connectivity index (χ1v) is 10.8. The number of carbonyl (C=O) groups excluding carboxylic acids is 3. The van der Waals surface area contributed by atoms with Crippen LogP contribution in [0.15, 0.2) is 18.2 Å². The highest BCUT2D eigenvalue weighted by Gasteiger charge is 2.21. The van der Waals surface area contributed by atoms with Crippen LogP contribution in [0.1, 0.15) is 37.8 Å². The fraction of sp³-hybridized carbons (Fsp3) is 0.429. The Morgan fingerprint density at radius 1 is 1.06 bits per heavy atom. The highest BCUT2D eigenvalue weighted by atomic mass is 35.5. The first kappa shape index (κ1) is 23.1. The zero-order chi connectivity index (χ0) is 22.4. The monoisotopic (exact) mass is 466 g/mol. The highest BCUT2D eigenvalue weighted by molar-refractivity contribution is 6.39. The molecule has 1 saturated carbocycles. The summed E-state index contributed by atoms with van der Waals surface area (Å²) in [5.74, 6) is -1.08. The lowest BCUT2D eigenvalue weighted by molar-refractivity contribution is -0.131. The summed E-state index contributed by atoms with van der Waals surface area (Å²) < 4.78 is 5.55. The Kier molecular flexibility index (Phi) is 7.92. The van der Waals surface area contributed by atoms with E-state index in [9.17, 15) is 14.4 Å². The number of hydrogen-bond acceptors (Lipinski definition) is 5. The predicted molar refractivity (Wildman–Crippen MR) is 118 cm³/mol. The molecular formula is C21H24Cl2N4O4. The molecule has 1 aromatic heterocycles. The van der Waals surface area contributed by atoms with Crippen molar-refractivity contribution in [2.75, 3.05) is 13.2 Å². The molecule has 1 aliphatic carbocycles. The molecule has 8 nitrogen and oxygen atoms in total. The first-order chi connectivity index (χ1) is 14.8. The number of nitrogens with one attached hydrogen (secondary N) is 3. The van der Waals surface area contributed by atoms with Gasteiger partial charge in [-0.1, -0.05) is 42.5 Å². The number of amides is 3. The molecule has 1 fully saturated rings. The molecule has 3 N–H and O–H groups in total. The van der Waals surface area contributed by atoms with Gasteiger partial charge in [-0.15, -0.1) is 0 Å². The van der Waals surface area contributed by atoms with Crippen molar-refractivity contribution in [2.24, 2.45) is 5.92 Å². The van der Waals surface area contributed by atoms with Crippen LogP contribution >= 0.6 is 23.2 Å². The standard InChI is InChI=1S/C21H24Cl2N4O4/c1-12-7-8-14-15(22)9-16(23)20(19(14)25-12)31-11-18(29)27-26-17(28)10-24-21(30)13-5-3-2-4-6-13/h7-9,13H,2-6,10-11H2,1H3,(H,24,30)(H,26,28)(H,27,29). The van der Waals surface area contributed by atoms with Gasteiger partial charge in [0.25, 0.3) is 11.8 Å². The molecule has 3 rings (SSSR count). The van der Waals surface area contributed by atoms with E-state index in [2.05, 4.69) is 21.2 Å². The number of aromatic nitrogens is 1. The SMILES string of the molecule is Cc1ccc2c(Cl)cc(Cl)c(OCC(=O)NNC(=O)CNC(=O)C3CCCCC3)c2n1. The van der Waals surface area contributed by atoms with Crippen LogP contribution in [0.4, 0.5) is 0 Å². The second kappa shape index (κ2) is 10.6. The van der Waals surface area contributed by atoms with Crippen molar-refractivity contribution in [3.8, 4) is 5.75 Å². The molecule has 2 aromatic rings. The molecule has 166 valence electrons. The topological polar surface area (TPSA) is 109 Å². The maximum atomic E-state index is 12.1. The third kappa shape index (κ3) is 6.21. The van der Waals surface area contributed by atoms with E-state index in [0.29, 0.717) is 15.9 Å². The van der Waals surface area contributed by atoms with E-state index >= 15 is 0 Å². The van der Waals surface area contributed by atoms with E-state index in [1.54, 1.807) is 12.1 Å². The molecule has 0 saturated heterocycles. The number of nitrogens with zero attached hydrogens (tertiary/aromatic N) is 1. The molecule has 10 heteroatoms. The van der Waals surface area contributed by atoms with Crippen molar-refractivity contribution < 1.29 is 19.1 Å². The molecule has 31 heavy (non-hydrogen) atoms. The van der Waals surface area contributed by atoms with Crippen molar-refractivity contribution in [2.45, 2.75) is 39.0 Å². The zero-order valence-corrected chi connectivity index (χ0v) is 18.6. The van der Waals surface area contributed by atoms with Crippen molar-refractivity contribution in [3.05, 3.63) is 33.9 Å². The molecule has 0 atom stereocenters. The summed E-state index contributed by atoms with van der Waals surface area (Å²) in [5.41, 5.74) is 5.67.